The Morgan fingerprint density at radius 1 is 0.471 bits per heavy atom. The maximum absolute atomic E-state index is 3.05. The zero-order valence-corrected chi connectivity index (χ0v) is 33.4. The van der Waals surface area contributed by atoms with Crippen LogP contribution in [0.25, 0.3) is 0 Å². The van der Waals surface area contributed by atoms with Crippen LogP contribution in [0.1, 0.15) is 53.4 Å². The van der Waals surface area contributed by atoms with Gasteiger partial charge in [-0.15, -0.1) is 53.4 Å². The molecule has 0 atom stereocenters. The minimum absolute atomic E-state index is 0. The predicted molar refractivity (Wildman–Crippen MR) is 143 cm³/mol. The minimum atomic E-state index is 0. The van der Waals surface area contributed by atoms with Crippen LogP contribution in [0.5, 0.6) is 0 Å². The van der Waals surface area contributed by atoms with Crippen LogP contribution in [0.4, 0.5) is 0 Å². The molecule has 190 valence electrons. The molecule has 2 radical (unpaired) electrons. The van der Waals surface area contributed by atoms with Crippen molar-refractivity contribution in [2.75, 3.05) is 0 Å². The standard InChI is InChI=1S/4C6H7.2C2H7Si.2ClH.2Hf/c4*1-6-4-2-3-5-6;2*1-3-2;;;;/h4*4-5H,2H2,1H3;2*3H,1-2H3;2*1H;;/q4*-1;;;;;;/p-2. The molecule has 0 heterocycles. The first kappa shape index (κ1) is 47.8. The van der Waals surface area contributed by atoms with Crippen LogP contribution in [0.3, 0.4) is 0 Å². The molecular formula is C28H42Cl2Hf2Si2-6. The fourth-order valence-corrected chi connectivity index (χ4v) is 2.00. The molecule has 0 aromatic carbocycles. The van der Waals surface area contributed by atoms with E-state index >= 15 is 0 Å². The maximum Gasteiger partial charge on any atom is 0.0213 e. The third-order valence-corrected chi connectivity index (χ3v) is 3.49. The number of hydrogen-bond acceptors (Lipinski definition) is 0. The summed E-state index contributed by atoms with van der Waals surface area (Å²) in [7, 11) is 1.50. The van der Waals surface area contributed by atoms with Crippen molar-refractivity contribution in [1.29, 1.82) is 0 Å². The van der Waals surface area contributed by atoms with Crippen molar-refractivity contribution >= 4 is 19.0 Å². The van der Waals surface area contributed by atoms with Gasteiger partial charge in [-0.1, -0.05) is 26.2 Å². The van der Waals surface area contributed by atoms with E-state index < -0.39 is 0 Å². The summed E-state index contributed by atoms with van der Waals surface area (Å²) in [6.07, 6.45) is 33.0. The third-order valence-electron chi connectivity index (χ3n) is 3.49. The molecule has 6 heteroatoms. The Labute approximate surface area is 267 Å². The van der Waals surface area contributed by atoms with Gasteiger partial charge in [0, 0.05) is 70.7 Å². The van der Waals surface area contributed by atoms with E-state index in [1.807, 2.05) is 24.3 Å². The van der Waals surface area contributed by atoms with Gasteiger partial charge in [0.1, 0.15) is 0 Å². The van der Waals surface area contributed by atoms with Crippen molar-refractivity contribution in [3.05, 3.63) is 95.2 Å². The summed E-state index contributed by atoms with van der Waals surface area (Å²) < 4.78 is 0. The zero-order valence-electron chi connectivity index (χ0n) is 22.4. The van der Waals surface area contributed by atoms with Gasteiger partial charge < -0.3 is 24.8 Å². The molecule has 0 fully saturated rings. The Hall–Kier alpha value is 0.674. The Balaban J connectivity index is -0.0000000690. The second-order valence-electron chi connectivity index (χ2n) is 7.16. The topological polar surface area (TPSA) is 0 Å². The SMILES string of the molecule is CC1=CC[C-]=C1.CC1=CC[C-]=C1.CC1=CC[C-]=C1.CC1=CC[C-]=C1.C[SiH]C.C[SiH]C.[Cl-].[Cl-].[Hf].[Hf]. The van der Waals surface area contributed by atoms with Crippen molar-refractivity contribution in [1.82, 2.24) is 0 Å². The quantitative estimate of drug-likeness (QED) is 0.258. The van der Waals surface area contributed by atoms with E-state index in [0.29, 0.717) is 0 Å². The fourth-order valence-electron chi connectivity index (χ4n) is 2.00. The number of hydrogen-bond donors (Lipinski definition) is 0. The second-order valence-corrected chi connectivity index (χ2v) is 9.47. The molecule has 0 nitrogen and oxygen atoms in total. The Morgan fingerprint density at radius 3 is 0.647 bits per heavy atom. The molecule has 0 aliphatic heterocycles. The van der Waals surface area contributed by atoms with Gasteiger partial charge in [0.25, 0.3) is 0 Å². The fraction of sp³-hybridized carbons (Fsp3) is 0.429. The molecule has 4 aliphatic carbocycles. The summed E-state index contributed by atoms with van der Waals surface area (Å²) in [6.45, 7) is 17.2. The zero-order chi connectivity index (χ0) is 23.0. The van der Waals surface area contributed by atoms with Gasteiger partial charge in [-0.3, -0.25) is 24.3 Å². The van der Waals surface area contributed by atoms with E-state index in [1.165, 1.54) is 22.3 Å². The number of halogens is 2. The maximum atomic E-state index is 3.05. The van der Waals surface area contributed by atoms with Gasteiger partial charge in [-0.25, -0.2) is 46.6 Å². The molecule has 0 aromatic rings. The van der Waals surface area contributed by atoms with E-state index in [4.69, 9.17) is 0 Å². The van der Waals surface area contributed by atoms with Crippen molar-refractivity contribution in [2.45, 2.75) is 79.6 Å². The van der Waals surface area contributed by atoms with E-state index in [0.717, 1.165) is 44.7 Å². The van der Waals surface area contributed by atoms with E-state index in [1.54, 1.807) is 0 Å². The summed E-state index contributed by atoms with van der Waals surface area (Å²) in [5.74, 6) is 0. The number of allylic oxidation sites excluding steroid dienone is 16. The van der Waals surface area contributed by atoms with E-state index in [-0.39, 0.29) is 76.5 Å². The molecule has 0 saturated heterocycles. The van der Waals surface area contributed by atoms with Crippen LogP contribution in [0, 0.1) is 24.3 Å². The minimum Gasteiger partial charge on any atom is -1.00 e. The number of rotatable bonds is 0. The van der Waals surface area contributed by atoms with Crippen LogP contribution in [-0.2, 0) is 51.7 Å². The van der Waals surface area contributed by atoms with Crippen LogP contribution in [-0.4, -0.2) is 19.0 Å². The molecule has 0 N–H and O–H groups in total. The molecule has 34 heavy (non-hydrogen) atoms. The molecule has 0 bridgehead atoms. The molecule has 0 unspecified atom stereocenters. The molecule has 4 rings (SSSR count). The molecule has 4 aliphatic rings. The first-order valence-electron chi connectivity index (χ1n) is 10.8. The monoisotopic (exact) mass is 864 g/mol. The third kappa shape index (κ3) is 39.9. The van der Waals surface area contributed by atoms with Crippen molar-refractivity contribution < 1.29 is 76.5 Å². The van der Waals surface area contributed by atoms with Crippen LogP contribution < -0.4 is 24.8 Å². The predicted octanol–water partition coefficient (Wildman–Crippen LogP) is 1.82. The summed E-state index contributed by atoms with van der Waals surface area (Å²) in [5.41, 5.74) is 5.37. The van der Waals surface area contributed by atoms with Gasteiger partial charge >= 0.3 is 0 Å². The first-order valence-corrected chi connectivity index (χ1v) is 15.4. The average Bonchev–Trinajstić information content (AvgIpc) is 3.49. The summed E-state index contributed by atoms with van der Waals surface area (Å²) in [5, 5.41) is 0. The molecule has 0 amide bonds. The van der Waals surface area contributed by atoms with Crippen molar-refractivity contribution in [3.63, 3.8) is 0 Å². The first-order chi connectivity index (χ1) is 14.4. The van der Waals surface area contributed by atoms with Crippen molar-refractivity contribution in [3.8, 4) is 0 Å². The normalized spacial score (nSPS) is 14.1. The van der Waals surface area contributed by atoms with E-state index in [9.17, 15) is 0 Å². The molecule has 0 aromatic heterocycles. The molecule has 0 saturated carbocycles. The van der Waals surface area contributed by atoms with Gasteiger partial charge in [0.05, 0.1) is 0 Å². The van der Waals surface area contributed by atoms with Gasteiger partial charge in [0.2, 0.25) is 0 Å². The largest absolute Gasteiger partial charge is 1.00 e. The van der Waals surface area contributed by atoms with Gasteiger partial charge in [0.15, 0.2) is 0 Å². The summed E-state index contributed by atoms with van der Waals surface area (Å²) in [4.78, 5) is 0. The van der Waals surface area contributed by atoms with Crippen LogP contribution >= 0.6 is 0 Å². The Morgan fingerprint density at radius 2 is 0.618 bits per heavy atom. The van der Waals surface area contributed by atoms with Crippen molar-refractivity contribution in [2.24, 2.45) is 0 Å². The van der Waals surface area contributed by atoms with Gasteiger partial charge in [-0.2, -0.15) is 24.3 Å². The molecule has 0 spiro atoms. The van der Waals surface area contributed by atoms with Gasteiger partial charge in [-0.05, 0) is 0 Å². The molecular weight excluding hydrogens is 820 g/mol. The Kier molecular flexibility index (Phi) is 53.7. The van der Waals surface area contributed by atoms with Crippen LogP contribution in [0.2, 0.25) is 26.2 Å². The second kappa shape index (κ2) is 38.2. The smallest absolute Gasteiger partial charge is 0.0213 e. The summed E-state index contributed by atoms with van der Waals surface area (Å²) in [6, 6.07) is 0. The van der Waals surface area contributed by atoms with Crippen LogP contribution in [0.15, 0.2) is 70.9 Å². The summed E-state index contributed by atoms with van der Waals surface area (Å²) >= 11 is 0. The Bertz CT molecular complexity index is 547. The van der Waals surface area contributed by atoms with E-state index in [2.05, 4.69) is 102 Å². The average molecular weight is 863 g/mol.